The monoisotopic (exact) mass is 437 g/mol. The number of nitrogens with one attached hydrogen (secondary N) is 2. The molecule has 2 N–H and O–H groups in total. The summed E-state index contributed by atoms with van der Waals surface area (Å²) in [6.45, 7) is 7.76. The first kappa shape index (κ1) is 22.3. The number of piperazine rings is 1. The molecule has 2 heterocycles. The zero-order valence-corrected chi connectivity index (χ0v) is 19.1. The zero-order valence-electron chi connectivity index (χ0n) is 19.1. The van der Waals surface area contributed by atoms with Gasteiger partial charge in [-0.25, -0.2) is 0 Å². The predicted molar refractivity (Wildman–Crippen MR) is 130 cm³/mol. The van der Waals surface area contributed by atoms with Crippen molar-refractivity contribution in [3.63, 3.8) is 0 Å². The van der Waals surface area contributed by atoms with Crippen molar-refractivity contribution in [3.05, 3.63) is 54.1 Å². The van der Waals surface area contributed by atoms with Crippen molar-refractivity contribution in [3.8, 4) is 11.5 Å². The zero-order chi connectivity index (χ0) is 22.0. The number of hydrogen-bond donors (Lipinski definition) is 2. The van der Waals surface area contributed by atoms with Crippen LogP contribution in [0.1, 0.15) is 18.4 Å². The van der Waals surface area contributed by atoms with Crippen molar-refractivity contribution < 1.29 is 9.47 Å². The van der Waals surface area contributed by atoms with E-state index in [1.54, 1.807) is 0 Å². The number of anilines is 1. The Morgan fingerprint density at radius 3 is 2.50 bits per heavy atom. The summed E-state index contributed by atoms with van der Waals surface area (Å²) in [6.07, 6.45) is 3.25. The van der Waals surface area contributed by atoms with Gasteiger partial charge < -0.3 is 25.0 Å². The average molecular weight is 438 g/mol. The van der Waals surface area contributed by atoms with Crippen LogP contribution in [0.5, 0.6) is 11.5 Å². The molecule has 2 aromatic carbocycles. The molecule has 0 atom stereocenters. The van der Waals surface area contributed by atoms with Crippen LogP contribution in [0, 0.1) is 0 Å². The molecule has 0 spiro atoms. The third-order valence-corrected chi connectivity index (χ3v) is 6.05. The molecule has 172 valence electrons. The van der Waals surface area contributed by atoms with Crippen LogP contribution >= 0.6 is 0 Å². The van der Waals surface area contributed by atoms with Gasteiger partial charge in [0, 0.05) is 52.0 Å². The molecule has 0 bridgehead atoms. The van der Waals surface area contributed by atoms with Crippen molar-refractivity contribution in [2.24, 2.45) is 4.99 Å². The van der Waals surface area contributed by atoms with Gasteiger partial charge in [-0.15, -0.1) is 0 Å². The molecular formula is C25H35N5O2. The first-order valence-electron chi connectivity index (χ1n) is 11.7. The fraction of sp³-hybridized carbons (Fsp3) is 0.480. The van der Waals surface area contributed by atoms with Crippen LogP contribution in [-0.2, 0) is 6.42 Å². The van der Waals surface area contributed by atoms with E-state index in [1.165, 1.54) is 24.2 Å². The summed E-state index contributed by atoms with van der Waals surface area (Å²) in [6, 6.07) is 16.9. The van der Waals surface area contributed by atoms with Gasteiger partial charge in [0.25, 0.3) is 0 Å². The fourth-order valence-corrected chi connectivity index (χ4v) is 4.18. The molecule has 4 rings (SSSR count). The number of rotatable bonds is 9. The summed E-state index contributed by atoms with van der Waals surface area (Å²) in [5.41, 5.74) is 2.57. The van der Waals surface area contributed by atoms with E-state index in [9.17, 15) is 0 Å². The van der Waals surface area contributed by atoms with Gasteiger partial charge in [0.1, 0.15) is 0 Å². The number of para-hydroxylation sites is 1. The first-order chi connectivity index (χ1) is 15.8. The van der Waals surface area contributed by atoms with E-state index < -0.39 is 0 Å². The van der Waals surface area contributed by atoms with Crippen molar-refractivity contribution in [1.82, 2.24) is 15.5 Å². The quantitative estimate of drug-likeness (QED) is 0.357. The van der Waals surface area contributed by atoms with Gasteiger partial charge in [0.05, 0.1) is 0 Å². The summed E-state index contributed by atoms with van der Waals surface area (Å²) >= 11 is 0. The second kappa shape index (κ2) is 11.6. The van der Waals surface area contributed by atoms with Gasteiger partial charge in [0.2, 0.25) is 6.79 Å². The molecule has 0 unspecified atom stereocenters. The van der Waals surface area contributed by atoms with Crippen LogP contribution in [0.25, 0.3) is 0 Å². The second-order valence-electron chi connectivity index (χ2n) is 8.23. The van der Waals surface area contributed by atoms with E-state index >= 15 is 0 Å². The fourth-order valence-electron chi connectivity index (χ4n) is 4.18. The Kier molecular flexibility index (Phi) is 8.09. The molecule has 7 heteroatoms. The molecule has 2 aromatic rings. The number of ether oxygens (including phenoxy) is 2. The van der Waals surface area contributed by atoms with Crippen molar-refractivity contribution in [2.75, 3.05) is 64.6 Å². The first-order valence-corrected chi connectivity index (χ1v) is 11.7. The number of benzene rings is 2. The van der Waals surface area contributed by atoms with Crippen LogP contribution in [0.15, 0.2) is 53.5 Å². The Hall–Kier alpha value is -2.93. The lowest BCUT2D eigenvalue weighted by atomic mass is 10.1. The smallest absolute Gasteiger partial charge is 0.231 e. The highest BCUT2D eigenvalue weighted by molar-refractivity contribution is 5.79. The normalized spacial score (nSPS) is 16.3. The number of hydrogen-bond acceptors (Lipinski definition) is 5. The summed E-state index contributed by atoms with van der Waals surface area (Å²) in [4.78, 5) is 9.40. The molecule has 0 aliphatic carbocycles. The van der Waals surface area contributed by atoms with Crippen molar-refractivity contribution in [2.45, 2.75) is 19.3 Å². The van der Waals surface area contributed by atoms with Crippen LogP contribution < -0.4 is 25.0 Å². The molecule has 0 radical (unpaired) electrons. The maximum atomic E-state index is 5.45. The molecule has 0 amide bonds. The topological polar surface area (TPSA) is 61.4 Å². The largest absolute Gasteiger partial charge is 0.454 e. The Labute approximate surface area is 191 Å². The van der Waals surface area contributed by atoms with Gasteiger partial charge in [0.15, 0.2) is 17.5 Å². The van der Waals surface area contributed by atoms with Gasteiger partial charge in [-0.1, -0.05) is 24.3 Å². The predicted octanol–water partition coefficient (Wildman–Crippen LogP) is 2.73. The van der Waals surface area contributed by atoms with Crippen LogP contribution in [-0.4, -0.2) is 70.5 Å². The molecule has 0 saturated carbocycles. The summed E-state index contributed by atoms with van der Waals surface area (Å²) in [5.74, 6) is 2.53. The van der Waals surface area contributed by atoms with Crippen LogP contribution in [0.3, 0.4) is 0 Å². The number of fused-ring (bicyclic) bond motifs is 1. The highest BCUT2D eigenvalue weighted by Crippen LogP contribution is 2.32. The van der Waals surface area contributed by atoms with Crippen molar-refractivity contribution in [1.29, 1.82) is 0 Å². The minimum absolute atomic E-state index is 0.317. The highest BCUT2D eigenvalue weighted by atomic mass is 16.7. The summed E-state index contributed by atoms with van der Waals surface area (Å²) in [7, 11) is 1.82. The second-order valence-corrected chi connectivity index (χ2v) is 8.23. The summed E-state index contributed by atoms with van der Waals surface area (Å²) in [5, 5.41) is 6.83. The van der Waals surface area contributed by atoms with Crippen LogP contribution in [0.2, 0.25) is 0 Å². The van der Waals surface area contributed by atoms with E-state index in [0.717, 1.165) is 69.6 Å². The average Bonchev–Trinajstić information content (AvgIpc) is 3.32. The minimum Gasteiger partial charge on any atom is -0.454 e. The Morgan fingerprint density at radius 1 is 0.906 bits per heavy atom. The number of aliphatic imine (C=N–C) groups is 1. The maximum Gasteiger partial charge on any atom is 0.231 e. The van der Waals surface area contributed by atoms with E-state index in [1.807, 2.05) is 13.1 Å². The van der Waals surface area contributed by atoms with Crippen molar-refractivity contribution >= 4 is 11.6 Å². The molecule has 1 saturated heterocycles. The molecule has 7 nitrogen and oxygen atoms in total. The Morgan fingerprint density at radius 2 is 1.69 bits per heavy atom. The molecule has 2 aliphatic heterocycles. The SMILES string of the molecule is CN=C(NCCCCN1CCN(c2ccccc2)CC1)NCCc1ccc2c(c1)OCO2. The molecule has 32 heavy (non-hydrogen) atoms. The molecular weight excluding hydrogens is 402 g/mol. The number of unbranched alkanes of at least 4 members (excludes halogenated alkanes) is 1. The molecule has 2 aliphatic rings. The lowest BCUT2D eigenvalue weighted by Crippen LogP contribution is -2.46. The third-order valence-electron chi connectivity index (χ3n) is 6.05. The molecule has 1 fully saturated rings. The standard InChI is InChI=1S/C25H35N5O2/c1-26-25(28-13-11-21-9-10-23-24(19-21)32-20-31-23)27-12-5-6-14-29-15-17-30(18-16-29)22-7-3-2-4-8-22/h2-4,7-10,19H,5-6,11-18,20H2,1H3,(H2,26,27,28). The molecule has 0 aromatic heterocycles. The lowest BCUT2D eigenvalue weighted by molar-refractivity contribution is 0.174. The van der Waals surface area contributed by atoms with Crippen LogP contribution in [0.4, 0.5) is 5.69 Å². The minimum atomic E-state index is 0.317. The van der Waals surface area contributed by atoms with Gasteiger partial charge in [-0.3, -0.25) is 9.89 Å². The third kappa shape index (κ3) is 6.29. The van der Waals surface area contributed by atoms with E-state index in [0.29, 0.717) is 6.79 Å². The number of nitrogens with zero attached hydrogens (tertiary/aromatic N) is 3. The maximum absolute atomic E-state index is 5.45. The number of guanidine groups is 1. The Bertz CT molecular complexity index is 866. The van der Waals surface area contributed by atoms with E-state index in [-0.39, 0.29) is 0 Å². The lowest BCUT2D eigenvalue weighted by Gasteiger charge is -2.36. The van der Waals surface area contributed by atoms with E-state index in [2.05, 4.69) is 67.9 Å². The van der Waals surface area contributed by atoms with Gasteiger partial charge >= 0.3 is 0 Å². The van der Waals surface area contributed by atoms with Gasteiger partial charge in [-0.05, 0) is 55.6 Å². The van der Waals surface area contributed by atoms with Gasteiger partial charge in [-0.2, -0.15) is 0 Å². The summed E-state index contributed by atoms with van der Waals surface area (Å²) < 4.78 is 10.8. The van der Waals surface area contributed by atoms with E-state index in [4.69, 9.17) is 9.47 Å². The Balaban J connectivity index is 1.06. The highest BCUT2D eigenvalue weighted by Gasteiger charge is 2.16.